The van der Waals surface area contributed by atoms with Crippen molar-refractivity contribution in [1.29, 1.82) is 0 Å². The van der Waals surface area contributed by atoms with Gasteiger partial charge in [-0.2, -0.15) is 0 Å². The van der Waals surface area contributed by atoms with Gasteiger partial charge < -0.3 is 14.8 Å². The third-order valence-corrected chi connectivity index (χ3v) is 1.98. The number of hydrogen-bond acceptors (Lipinski definition) is 3. The fourth-order valence-electron chi connectivity index (χ4n) is 1.42. The second-order valence-corrected chi connectivity index (χ2v) is 4.65. The van der Waals surface area contributed by atoms with E-state index in [2.05, 4.69) is 26.1 Å². The SMILES string of the molecule is COCCC(CCOC)NC(C)(C)C. The Labute approximate surface area is 88.2 Å². The summed E-state index contributed by atoms with van der Waals surface area (Å²) < 4.78 is 10.2. The van der Waals surface area contributed by atoms with E-state index in [0.29, 0.717) is 6.04 Å². The molecule has 0 bridgehead atoms. The highest BCUT2D eigenvalue weighted by molar-refractivity contribution is 4.77. The Bertz CT molecular complexity index is 124. The molecule has 0 unspecified atom stereocenters. The molecule has 0 saturated carbocycles. The molecule has 0 spiro atoms. The Kier molecular flexibility index (Phi) is 7.15. The molecule has 0 aliphatic rings. The second kappa shape index (κ2) is 7.21. The molecule has 0 aliphatic heterocycles. The maximum Gasteiger partial charge on any atom is 0.0477 e. The maximum absolute atomic E-state index is 5.09. The van der Waals surface area contributed by atoms with Crippen LogP contribution in [0.15, 0.2) is 0 Å². The average Bonchev–Trinajstić information content (AvgIpc) is 2.07. The van der Waals surface area contributed by atoms with Crippen LogP contribution in [-0.2, 0) is 9.47 Å². The quantitative estimate of drug-likeness (QED) is 0.684. The smallest absolute Gasteiger partial charge is 0.0477 e. The first-order valence-electron chi connectivity index (χ1n) is 5.25. The minimum absolute atomic E-state index is 0.159. The molecule has 3 nitrogen and oxygen atoms in total. The molecule has 0 amide bonds. The summed E-state index contributed by atoms with van der Waals surface area (Å²) >= 11 is 0. The van der Waals surface area contributed by atoms with Crippen molar-refractivity contribution < 1.29 is 9.47 Å². The zero-order chi connectivity index (χ0) is 11.0. The highest BCUT2D eigenvalue weighted by Crippen LogP contribution is 2.07. The maximum atomic E-state index is 5.09. The van der Waals surface area contributed by atoms with Crippen LogP contribution in [0, 0.1) is 0 Å². The summed E-state index contributed by atoms with van der Waals surface area (Å²) in [5.41, 5.74) is 0.159. The molecule has 0 saturated heterocycles. The van der Waals surface area contributed by atoms with E-state index in [0.717, 1.165) is 26.1 Å². The highest BCUT2D eigenvalue weighted by atomic mass is 16.5. The Balaban J connectivity index is 3.84. The van der Waals surface area contributed by atoms with Crippen LogP contribution >= 0.6 is 0 Å². The topological polar surface area (TPSA) is 30.5 Å². The van der Waals surface area contributed by atoms with Gasteiger partial charge in [0, 0.05) is 39.0 Å². The Morgan fingerprint density at radius 1 is 1.00 bits per heavy atom. The largest absolute Gasteiger partial charge is 0.385 e. The first kappa shape index (κ1) is 13.9. The van der Waals surface area contributed by atoms with Gasteiger partial charge >= 0.3 is 0 Å². The molecular formula is C11H25NO2. The lowest BCUT2D eigenvalue weighted by Crippen LogP contribution is -2.44. The molecule has 0 aromatic carbocycles. The lowest BCUT2D eigenvalue weighted by molar-refractivity contribution is 0.147. The summed E-state index contributed by atoms with van der Waals surface area (Å²) in [6, 6.07) is 0.481. The minimum atomic E-state index is 0.159. The summed E-state index contributed by atoms with van der Waals surface area (Å²) in [4.78, 5) is 0. The van der Waals surface area contributed by atoms with Crippen LogP contribution in [0.4, 0.5) is 0 Å². The number of rotatable bonds is 7. The summed E-state index contributed by atoms with van der Waals surface area (Å²) in [5, 5.41) is 3.57. The molecule has 0 aromatic heterocycles. The standard InChI is InChI=1S/C11H25NO2/c1-11(2,3)12-10(6-8-13-4)7-9-14-5/h10,12H,6-9H2,1-5H3. The molecule has 0 atom stereocenters. The zero-order valence-electron chi connectivity index (χ0n) is 10.2. The third kappa shape index (κ3) is 8.48. The molecular weight excluding hydrogens is 178 g/mol. The van der Waals surface area contributed by atoms with Gasteiger partial charge in [-0.3, -0.25) is 0 Å². The Morgan fingerprint density at radius 2 is 1.43 bits per heavy atom. The normalized spacial score (nSPS) is 12.4. The van der Waals surface area contributed by atoms with Gasteiger partial charge in [0.15, 0.2) is 0 Å². The monoisotopic (exact) mass is 203 g/mol. The van der Waals surface area contributed by atoms with E-state index < -0.39 is 0 Å². The van der Waals surface area contributed by atoms with E-state index in [9.17, 15) is 0 Å². The van der Waals surface area contributed by atoms with Gasteiger partial charge in [-0.15, -0.1) is 0 Å². The molecule has 0 aromatic rings. The van der Waals surface area contributed by atoms with Crippen molar-refractivity contribution in [2.24, 2.45) is 0 Å². The molecule has 0 radical (unpaired) electrons. The first-order valence-corrected chi connectivity index (χ1v) is 5.25. The van der Waals surface area contributed by atoms with Crippen molar-refractivity contribution in [3.05, 3.63) is 0 Å². The Morgan fingerprint density at radius 3 is 1.71 bits per heavy atom. The van der Waals surface area contributed by atoms with Gasteiger partial charge in [-0.1, -0.05) is 0 Å². The van der Waals surface area contributed by atoms with Crippen molar-refractivity contribution >= 4 is 0 Å². The molecule has 14 heavy (non-hydrogen) atoms. The van der Waals surface area contributed by atoms with E-state index in [4.69, 9.17) is 9.47 Å². The van der Waals surface area contributed by atoms with Crippen molar-refractivity contribution in [3.63, 3.8) is 0 Å². The van der Waals surface area contributed by atoms with Crippen LogP contribution < -0.4 is 5.32 Å². The molecule has 0 rings (SSSR count). The van der Waals surface area contributed by atoms with Gasteiger partial charge in [0.2, 0.25) is 0 Å². The number of ether oxygens (including phenoxy) is 2. The fraction of sp³-hybridized carbons (Fsp3) is 1.00. The molecule has 1 N–H and O–H groups in total. The Hall–Kier alpha value is -0.120. The van der Waals surface area contributed by atoms with Crippen molar-refractivity contribution in [3.8, 4) is 0 Å². The van der Waals surface area contributed by atoms with Crippen LogP contribution in [-0.4, -0.2) is 39.0 Å². The molecule has 86 valence electrons. The first-order chi connectivity index (χ1) is 6.49. The van der Waals surface area contributed by atoms with Crippen LogP contribution in [0.3, 0.4) is 0 Å². The van der Waals surface area contributed by atoms with Gasteiger partial charge in [-0.05, 0) is 33.6 Å². The summed E-state index contributed by atoms with van der Waals surface area (Å²) in [7, 11) is 3.48. The molecule has 0 aliphatic carbocycles. The van der Waals surface area contributed by atoms with Gasteiger partial charge in [0.1, 0.15) is 0 Å². The van der Waals surface area contributed by atoms with Gasteiger partial charge in [-0.25, -0.2) is 0 Å². The average molecular weight is 203 g/mol. The summed E-state index contributed by atoms with van der Waals surface area (Å²) in [6.45, 7) is 8.15. The van der Waals surface area contributed by atoms with Crippen LogP contribution in [0.5, 0.6) is 0 Å². The summed E-state index contributed by atoms with van der Waals surface area (Å²) in [5.74, 6) is 0. The van der Waals surface area contributed by atoms with Gasteiger partial charge in [0.25, 0.3) is 0 Å². The summed E-state index contributed by atoms with van der Waals surface area (Å²) in [6.07, 6.45) is 2.08. The zero-order valence-corrected chi connectivity index (χ0v) is 10.2. The predicted octanol–water partition coefficient (Wildman–Crippen LogP) is 1.82. The third-order valence-electron chi connectivity index (χ3n) is 1.98. The van der Waals surface area contributed by atoms with Gasteiger partial charge in [0.05, 0.1) is 0 Å². The number of nitrogens with one attached hydrogen (secondary N) is 1. The van der Waals surface area contributed by atoms with E-state index in [1.165, 1.54) is 0 Å². The second-order valence-electron chi connectivity index (χ2n) is 4.65. The number of hydrogen-bond donors (Lipinski definition) is 1. The van der Waals surface area contributed by atoms with E-state index >= 15 is 0 Å². The van der Waals surface area contributed by atoms with Crippen molar-refractivity contribution in [2.45, 2.75) is 45.2 Å². The van der Waals surface area contributed by atoms with E-state index in [1.807, 2.05) is 0 Å². The molecule has 0 heterocycles. The molecule has 0 fully saturated rings. The number of methoxy groups -OCH3 is 2. The van der Waals surface area contributed by atoms with Crippen LogP contribution in [0.1, 0.15) is 33.6 Å². The van der Waals surface area contributed by atoms with Crippen molar-refractivity contribution in [1.82, 2.24) is 5.32 Å². The van der Waals surface area contributed by atoms with Crippen LogP contribution in [0.2, 0.25) is 0 Å². The highest BCUT2D eigenvalue weighted by Gasteiger charge is 2.16. The minimum Gasteiger partial charge on any atom is -0.385 e. The van der Waals surface area contributed by atoms with Crippen LogP contribution in [0.25, 0.3) is 0 Å². The lowest BCUT2D eigenvalue weighted by atomic mass is 10.0. The van der Waals surface area contributed by atoms with Crippen molar-refractivity contribution in [2.75, 3.05) is 27.4 Å². The predicted molar refractivity (Wildman–Crippen MR) is 59.7 cm³/mol. The molecule has 3 heteroatoms. The lowest BCUT2D eigenvalue weighted by Gasteiger charge is -2.28. The van der Waals surface area contributed by atoms with E-state index in [1.54, 1.807) is 14.2 Å². The fourth-order valence-corrected chi connectivity index (χ4v) is 1.42. The van der Waals surface area contributed by atoms with E-state index in [-0.39, 0.29) is 5.54 Å².